The molecule has 100 valence electrons. The molecule has 0 fully saturated rings. The summed E-state index contributed by atoms with van der Waals surface area (Å²) < 4.78 is 0. The second-order valence-corrected chi connectivity index (χ2v) is 5.64. The summed E-state index contributed by atoms with van der Waals surface area (Å²) in [5.41, 5.74) is 6.16. The highest BCUT2D eigenvalue weighted by Gasteiger charge is 2.24. The molecular weight excluding hydrogens is 250 g/mol. The number of nitrogens with one attached hydrogen (secondary N) is 2. The fraction of sp³-hybridized carbons (Fsp3) is 0.462. The molecule has 1 atom stereocenters. The lowest BCUT2D eigenvalue weighted by molar-refractivity contribution is 0.230. The van der Waals surface area contributed by atoms with Crippen molar-refractivity contribution in [2.45, 2.75) is 26.8 Å². The van der Waals surface area contributed by atoms with Gasteiger partial charge in [-0.2, -0.15) is 0 Å². The molecule has 1 aromatic rings. The van der Waals surface area contributed by atoms with Gasteiger partial charge in [0, 0.05) is 12.6 Å². The summed E-state index contributed by atoms with van der Waals surface area (Å²) in [6.45, 7) is 6.47. The molecule has 0 aliphatic heterocycles. The van der Waals surface area contributed by atoms with E-state index in [4.69, 9.17) is 17.3 Å². The first-order valence-electron chi connectivity index (χ1n) is 5.86. The van der Waals surface area contributed by atoms with Gasteiger partial charge in [-0.1, -0.05) is 44.5 Å². The number of rotatable bonds is 3. The maximum absolute atomic E-state index is 11.8. The number of halogens is 1. The van der Waals surface area contributed by atoms with Gasteiger partial charge in [-0.25, -0.2) is 4.79 Å². The fourth-order valence-electron chi connectivity index (χ4n) is 1.51. The van der Waals surface area contributed by atoms with Gasteiger partial charge in [0.2, 0.25) is 0 Å². The van der Waals surface area contributed by atoms with Gasteiger partial charge in [0.05, 0.1) is 10.7 Å². The van der Waals surface area contributed by atoms with Crippen LogP contribution in [0.3, 0.4) is 0 Å². The van der Waals surface area contributed by atoms with Crippen molar-refractivity contribution in [3.8, 4) is 0 Å². The van der Waals surface area contributed by atoms with Gasteiger partial charge in [0.25, 0.3) is 0 Å². The van der Waals surface area contributed by atoms with E-state index in [9.17, 15) is 4.79 Å². The Hall–Kier alpha value is -1.26. The predicted molar refractivity (Wildman–Crippen MR) is 75.9 cm³/mol. The van der Waals surface area contributed by atoms with Crippen molar-refractivity contribution in [2.24, 2.45) is 11.1 Å². The van der Waals surface area contributed by atoms with E-state index in [2.05, 4.69) is 10.6 Å². The molecular formula is C13H20ClN3O. The van der Waals surface area contributed by atoms with Crippen LogP contribution in [0, 0.1) is 5.41 Å². The van der Waals surface area contributed by atoms with Crippen LogP contribution in [-0.4, -0.2) is 18.6 Å². The maximum Gasteiger partial charge on any atom is 0.319 e. The zero-order valence-electron chi connectivity index (χ0n) is 11.0. The highest BCUT2D eigenvalue weighted by Crippen LogP contribution is 2.21. The van der Waals surface area contributed by atoms with Gasteiger partial charge in [0.1, 0.15) is 0 Å². The van der Waals surface area contributed by atoms with Crippen molar-refractivity contribution in [1.82, 2.24) is 5.32 Å². The first-order valence-corrected chi connectivity index (χ1v) is 6.24. The van der Waals surface area contributed by atoms with E-state index in [1.54, 1.807) is 12.1 Å². The molecule has 0 aromatic heterocycles. The third-order valence-electron chi connectivity index (χ3n) is 2.71. The van der Waals surface area contributed by atoms with Crippen molar-refractivity contribution in [1.29, 1.82) is 0 Å². The minimum atomic E-state index is -0.298. The van der Waals surface area contributed by atoms with Gasteiger partial charge in [-0.05, 0) is 17.5 Å². The number of para-hydroxylation sites is 1. The zero-order valence-corrected chi connectivity index (χ0v) is 11.7. The van der Waals surface area contributed by atoms with Crippen LogP contribution in [0.5, 0.6) is 0 Å². The molecule has 4 nitrogen and oxygen atoms in total. The van der Waals surface area contributed by atoms with Gasteiger partial charge < -0.3 is 16.4 Å². The molecule has 18 heavy (non-hydrogen) atoms. The number of hydrogen-bond donors (Lipinski definition) is 3. The molecule has 0 aliphatic carbocycles. The Morgan fingerprint density at radius 2 is 2.00 bits per heavy atom. The highest BCUT2D eigenvalue weighted by atomic mass is 35.5. The summed E-state index contributed by atoms with van der Waals surface area (Å²) in [4.78, 5) is 11.8. The topological polar surface area (TPSA) is 67.1 Å². The SMILES string of the molecule is CC(C)(C)C(CN)NC(=O)Nc1ccccc1Cl. The summed E-state index contributed by atoms with van der Waals surface area (Å²) in [5.74, 6) is 0. The predicted octanol–water partition coefficient (Wildman–Crippen LogP) is 2.83. The van der Waals surface area contributed by atoms with Crippen molar-refractivity contribution in [3.05, 3.63) is 29.3 Å². The largest absolute Gasteiger partial charge is 0.333 e. The van der Waals surface area contributed by atoms with Crippen molar-refractivity contribution in [3.63, 3.8) is 0 Å². The van der Waals surface area contributed by atoms with E-state index in [1.165, 1.54) is 0 Å². The molecule has 0 radical (unpaired) electrons. The van der Waals surface area contributed by atoms with E-state index in [0.717, 1.165) is 0 Å². The van der Waals surface area contributed by atoms with Crippen LogP contribution in [0.15, 0.2) is 24.3 Å². The molecule has 4 N–H and O–H groups in total. The van der Waals surface area contributed by atoms with Crippen molar-refractivity contribution in [2.75, 3.05) is 11.9 Å². The van der Waals surface area contributed by atoms with E-state index >= 15 is 0 Å². The number of carbonyl (C=O) groups excluding carboxylic acids is 1. The Labute approximate surface area is 113 Å². The van der Waals surface area contributed by atoms with Crippen LogP contribution < -0.4 is 16.4 Å². The third kappa shape index (κ3) is 4.20. The molecule has 1 unspecified atom stereocenters. The minimum Gasteiger partial charge on any atom is -0.333 e. The van der Waals surface area contributed by atoms with Gasteiger partial charge >= 0.3 is 6.03 Å². The molecule has 0 spiro atoms. The Bertz CT molecular complexity index is 415. The molecule has 1 aromatic carbocycles. The number of amides is 2. The number of anilines is 1. The number of hydrogen-bond acceptors (Lipinski definition) is 2. The quantitative estimate of drug-likeness (QED) is 0.790. The molecule has 0 heterocycles. The lowest BCUT2D eigenvalue weighted by Crippen LogP contribution is -2.49. The standard InChI is InChI=1S/C13H20ClN3O/c1-13(2,3)11(8-15)17-12(18)16-10-7-5-4-6-9(10)14/h4-7,11H,8,15H2,1-3H3,(H2,16,17,18). The Morgan fingerprint density at radius 3 is 2.50 bits per heavy atom. The normalized spacial score (nSPS) is 12.9. The van der Waals surface area contributed by atoms with Gasteiger partial charge in [-0.3, -0.25) is 0 Å². The van der Waals surface area contributed by atoms with E-state index < -0.39 is 0 Å². The second-order valence-electron chi connectivity index (χ2n) is 5.23. The molecule has 0 aliphatic rings. The molecule has 1 rings (SSSR count). The molecule has 2 amide bonds. The monoisotopic (exact) mass is 269 g/mol. The van der Waals surface area contributed by atoms with Crippen molar-refractivity contribution >= 4 is 23.3 Å². The average Bonchev–Trinajstić information content (AvgIpc) is 2.27. The van der Waals surface area contributed by atoms with Crippen LogP contribution in [0.2, 0.25) is 5.02 Å². The van der Waals surface area contributed by atoms with Crippen LogP contribution in [-0.2, 0) is 0 Å². The minimum absolute atomic E-state index is 0.0907. The Morgan fingerprint density at radius 1 is 1.39 bits per heavy atom. The number of benzene rings is 1. The summed E-state index contributed by atoms with van der Waals surface area (Å²) in [5, 5.41) is 6.07. The molecule has 0 bridgehead atoms. The van der Waals surface area contributed by atoms with E-state index in [-0.39, 0.29) is 17.5 Å². The first-order chi connectivity index (χ1) is 8.34. The summed E-state index contributed by atoms with van der Waals surface area (Å²) in [6.07, 6.45) is 0. The third-order valence-corrected chi connectivity index (χ3v) is 3.04. The van der Waals surface area contributed by atoms with Crippen molar-refractivity contribution < 1.29 is 4.79 Å². The van der Waals surface area contributed by atoms with Crippen LogP contribution in [0.1, 0.15) is 20.8 Å². The maximum atomic E-state index is 11.8. The zero-order chi connectivity index (χ0) is 13.8. The smallest absolute Gasteiger partial charge is 0.319 e. The van der Waals surface area contributed by atoms with Gasteiger partial charge in [-0.15, -0.1) is 0 Å². The number of urea groups is 1. The summed E-state index contributed by atoms with van der Waals surface area (Å²) in [7, 11) is 0. The Kier molecular flexibility index (Phi) is 4.99. The molecule has 0 saturated heterocycles. The molecule has 0 saturated carbocycles. The lowest BCUT2D eigenvalue weighted by atomic mass is 9.87. The Balaban J connectivity index is 2.65. The summed E-state index contributed by atoms with van der Waals surface area (Å²) in [6, 6.07) is 6.70. The second kappa shape index (κ2) is 6.07. The summed E-state index contributed by atoms with van der Waals surface area (Å²) >= 11 is 5.96. The van der Waals surface area contributed by atoms with E-state index in [1.807, 2.05) is 32.9 Å². The molecule has 5 heteroatoms. The van der Waals surface area contributed by atoms with Gasteiger partial charge in [0.15, 0.2) is 0 Å². The average molecular weight is 270 g/mol. The fourth-order valence-corrected chi connectivity index (χ4v) is 1.69. The number of carbonyl (C=O) groups is 1. The lowest BCUT2D eigenvalue weighted by Gasteiger charge is -2.30. The highest BCUT2D eigenvalue weighted by molar-refractivity contribution is 6.33. The van der Waals surface area contributed by atoms with E-state index in [0.29, 0.717) is 17.3 Å². The van der Waals surface area contributed by atoms with Crippen LogP contribution in [0.25, 0.3) is 0 Å². The number of nitrogens with two attached hydrogens (primary N) is 1. The van der Waals surface area contributed by atoms with Crippen LogP contribution >= 0.6 is 11.6 Å². The first kappa shape index (κ1) is 14.8. The van der Waals surface area contributed by atoms with Crippen LogP contribution in [0.4, 0.5) is 10.5 Å².